The van der Waals surface area contributed by atoms with E-state index < -0.39 is 0 Å². The molecule has 1 N–H and O–H groups in total. The summed E-state index contributed by atoms with van der Waals surface area (Å²) < 4.78 is 11.9. The number of anilines is 1. The molecule has 0 bridgehead atoms. The first-order valence-electron chi connectivity index (χ1n) is 11.5. The largest absolute Gasteiger partial charge is 0.494 e. The number of ether oxygens (including phenoxy) is 2. The Labute approximate surface area is 176 Å². The zero-order chi connectivity index (χ0) is 20.2. The molecule has 3 nitrogen and oxygen atoms in total. The Bertz CT molecular complexity index is 692. The summed E-state index contributed by atoms with van der Waals surface area (Å²) in [5.74, 6) is 2.82. The molecule has 3 heteroatoms. The lowest BCUT2D eigenvalue weighted by molar-refractivity contribution is 0.246. The first-order valence-corrected chi connectivity index (χ1v) is 11.5. The summed E-state index contributed by atoms with van der Waals surface area (Å²) in [4.78, 5) is 0. The maximum Gasteiger partial charge on any atom is 0.124 e. The smallest absolute Gasteiger partial charge is 0.124 e. The van der Waals surface area contributed by atoms with Crippen LogP contribution >= 0.6 is 0 Å². The summed E-state index contributed by atoms with van der Waals surface area (Å²) in [6.45, 7) is 4.59. The quantitative estimate of drug-likeness (QED) is 0.385. The van der Waals surface area contributed by atoms with Crippen molar-refractivity contribution < 1.29 is 9.47 Å². The van der Waals surface area contributed by atoms with Gasteiger partial charge >= 0.3 is 0 Å². The van der Waals surface area contributed by atoms with Crippen molar-refractivity contribution in [1.29, 1.82) is 0 Å². The van der Waals surface area contributed by atoms with E-state index in [2.05, 4.69) is 54.7 Å². The van der Waals surface area contributed by atoms with E-state index >= 15 is 0 Å². The molecule has 1 aliphatic rings. The molecular formula is C26H37NO2. The van der Waals surface area contributed by atoms with Gasteiger partial charge in [-0.05, 0) is 49.1 Å². The Morgan fingerprint density at radius 2 is 1.66 bits per heavy atom. The number of nitrogens with one attached hydrogen (secondary N) is 1. The second-order valence-corrected chi connectivity index (χ2v) is 8.18. The van der Waals surface area contributed by atoms with Crippen molar-refractivity contribution in [2.75, 3.05) is 18.5 Å². The Kier molecular flexibility index (Phi) is 9.22. The minimum atomic E-state index is 0.756. The van der Waals surface area contributed by atoms with Crippen molar-refractivity contribution in [3.63, 3.8) is 0 Å². The first-order chi connectivity index (χ1) is 14.3. The van der Waals surface area contributed by atoms with E-state index in [-0.39, 0.29) is 0 Å². The summed E-state index contributed by atoms with van der Waals surface area (Å²) in [7, 11) is 0. The Balaban J connectivity index is 1.41. The number of hydrogen-bond acceptors (Lipinski definition) is 3. The number of hydrogen-bond donors (Lipinski definition) is 1. The van der Waals surface area contributed by atoms with Gasteiger partial charge in [-0.2, -0.15) is 0 Å². The fourth-order valence-corrected chi connectivity index (χ4v) is 4.01. The number of para-hydroxylation sites is 1. The third-order valence-corrected chi connectivity index (χ3v) is 5.83. The van der Waals surface area contributed by atoms with Gasteiger partial charge < -0.3 is 14.8 Å². The molecule has 29 heavy (non-hydrogen) atoms. The minimum Gasteiger partial charge on any atom is -0.494 e. The summed E-state index contributed by atoms with van der Waals surface area (Å²) in [5.41, 5.74) is 2.29. The molecule has 1 aliphatic carbocycles. The van der Waals surface area contributed by atoms with Crippen LogP contribution in [0.5, 0.6) is 11.5 Å². The molecule has 0 amide bonds. The molecule has 0 unspecified atom stereocenters. The number of benzene rings is 2. The van der Waals surface area contributed by atoms with Gasteiger partial charge in [0.1, 0.15) is 11.5 Å². The fourth-order valence-electron chi connectivity index (χ4n) is 4.01. The third-order valence-electron chi connectivity index (χ3n) is 5.83. The Morgan fingerprint density at radius 3 is 2.45 bits per heavy atom. The van der Waals surface area contributed by atoms with E-state index in [1.807, 2.05) is 6.07 Å². The van der Waals surface area contributed by atoms with Gasteiger partial charge in [0.25, 0.3) is 0 Å². The predicted molar refractivity (Wildman–Crippen MR) is 122 cm³/mol. The minimum absolute atomic E-state index is 0.756. The van der Waals surface area contributed by atoms with Crippen molar-refractivity contribution in [3.05, 3.63) is 54.1 Å². The SMILES string of the molecule is CCCCCOc1ccccc1CNc1ccc(OCCC2CCCCC2)cc1. The topological polar surface area (TPSA) is 30.5 Å². The van der Waals surface area contributed by atoms with Crippen LogP contribution in [0.4, 0.5) is 5.69 Å². The van der Waals surface area contributed by atoms with E-state index in [1.165, 1.54) is 56.9 Å². The van der Waals surface area contributed by atoms with Gasteiger partial charge in [0.15, 0.2) is 0 Å². The predicted octanol–water partition coefficient (Wildman–Crippen LogP) is 7.22. The lowest BCUT2D eigenvalue weighted by atomic mass is 9.87. The summed E-state index contributed by atoms with van der Waals surface area (Å²) >= 11 is 0. The van der Waals surface area contributed by atoms with Crippen molar-refractivity contribution in [2.45, 2.75) is 71.3 Å². The molecule has 0 saturated heterocycles. The molecule has 0 atom stereocenters. The summed E-state index contributed by atoms with van der Waals surface area (Å²) in [6, 6.07) is 16.6. The van der Waals surface area contributed by atoms with Crippen LogP contribution in [-0.4, -0.2) is 13.2 Å². The second-order valence-electron chi connectivity index (χ2n) is 8.18. The zero-order valence-electron chi connectivity index (χ0n) is 18.0. The number of unbranched alkanes of at least 4 members (excludes halogenated alkanes) is 2. The first kappa shape index (κ1) is 21.5. The Morgan fingerprint density at radius 1 is 0.862 bits per heavy atom. The van der Waals surface area contributed by atoms with Crippen LogP contribution in [0.3, 0.4) is 0 Å². The normalized spacial score (nSPS) is 14.5. The highest BCUT2D eigenvalue weighted by molar-refractivity contribution is 5.47. The average Bonchev–Trinajstić information content (AvgIpc) is 2.78. The highest BCUT2D eigenvalue weighted by Crippen LogP contribution is 2.27. The molecule has 0 radical (unpaired) electrons. The standard InChI is InChI=1S/C26H37NO2/c1-2-3-9-19-29-26-13-8-7-12-23(26)21-27-24-14-16-25(17-15-24)28-20-18-22-10-5-4-6-11-22/h7-8,12-17,22,27H,2-6,9-11,18-21H2,1H3. The van der Waals surface area contributed by atoms with E-state index in [9.17, 15) is 0 Å². The van der Waals surface area contributed by atoms with E-state index in [0.29, 0.717) is 0 Å². The highest BCUT2D eigenvalue weighted by Gasteiger charge is 2.13. The van der Waals surface area contributed by atoms with Crippen LogP contribution in [0.2, 0.25) is 0 Å². The van der Waals surface area contributed by atoms with Gasteiger partial charge in [0.2, 0.25) is 0 Å². The highest BCUT2D eigenvalue weighted by atomic mass is 16.5. The maximum atomic E-state index is 5.98. The van der Waals surface area contributed by atoms with Crippen LogP contribution in [-0.2, 0) is 6.54 Å². The molecule has 2 aromatic carbocycles. The van der Waals surface area contributed by atoms with Crippen molar-refractivity contribution >= 4 is 5.69 Å². The zero-order valence-corrected chi connectivity index (χ0v) is 18.0. The molecule has 0 heterocycles. The average molecular weight is 396 g/mol. The van der Waals surface area contributed by atoms with Gasteiger partial charge in [-0.3, -0.25) is 0 Å². The fraction of sp³-hybridized carbons (Fsp3) is 0.538. The maximum absolute atomic E-state index is 5.98. The van der Waals surface area contributed by atoms with Crippen molar-refractivity contribution in [2.24, 2.45) is 5.92 Å². The van der Waals surface area contributed by atoms with Crippen LogP contribution in [0.1, 0.15) is 70.3 Å². The van der Waals surface area contributed by atoms with Crippen molar-refractivity contribution in [3.8, 4) is 11.5 Å². The lowest BCUT2D eigenvalue weighted by Crippen LogP contribution is -2.10. The molecule has 0 spiro atoms. The third kappa shape index (κ3) is 7.64. The molecule has 3 rings (SSSR count). The molecule has 0 aliphatic heterocycles. The molecule has 0 aromatic heterocycles. The van der Waals surface area contributed by atoms with Crippen LogP contribution < -0.4 is 14.8 Å². The summed E-state index contributed by atoms with van der Waals surface area (Å²) in [6.07, 6.45) is 11.7. The lowest BCUT2D eigenvalue weighted by Gasteiger charge is -2.21. The van der Waals surface area contributed by atoms with E-state index in [0.717, 1.165) is 49.3 Å². The molecule has 158 valence electrons. The monoisotopic (exact) mass is 395 g/mol. The van der Waals surface area contributed by atoms with E-state index in [1.54, 1.807) is 0 Å². The van der Waals surface area contributed by atoms with Gasteiger partial charge in [0.05, 0.1) is 13.2 Å². The molecular weight excluding hydrogens is 358 g/mol. The molecule has 2 aromatic rings. The van der Waals surface area contributed by atoms with Gasteiger partial charge in [-0.15, -0.1) is 0 Å². The van der Waals surface area contributed by atoms with Gasteiger partial charge in [0, 0.05) is 17.8 Å². The Hall–Kier alpha value is -2.16. The van der Waals surface area contributed by atoms with Crippen molar-refractivity contribution in [1.82, 2.24) is 0 Å². The van der Waals surface area contributed by atoms with Crippen LogP contribution in [0, 0.1) is 5.92 Å². The molecule has 1 fully saturated rings. The van der Waals surface area contributed by atoms with E-state index in [4.69, 9.17) is 9.47 Å². The van der Waals surface area contributed by atoms with Crippen LogP contribution in [0.15, 0.2) is 48.5 Å². The molecule has 1 saturated carbocycles. The van der Waals surface area contributed by atoms with Gasteiger partial charge in [-0.1, -0.05) is 70.1 Å². The summed E-state index contributed by atoms with van der Waals surface area (Å²) in [5, 5.41) is 3.50. The van der Waals surface area contributed by atoms with Crippen LogP contribution in [0.25, 0.3) is 0 Å². The van der Waals surface area contributed by atoms with Gasteiger partial charge in [-0.25, -0.2) is 0 Å². The second kappa shape index (κ2) is 12.4. The number of rotatable bonds is 12.